The second-order valence-electron chi connectivity index (χ2n) is 4.20. The van der Waals surface area contributed by atoms with Crippen molar-refractivity contribution in [3.8, 4) is 0 Å². The molecule has 0 aliphatic carbocycles. The summed E-state index contributed by atoms with van der Waals surface area (Å²) >= 11 is 9.46. The molecule has 1 aromatic carbocycles. The van der Waals surface area contributed by atoms with E-state index in [1.807, 2.05) is 12.1 Å². The van der Waals surface area contributed by atoms with Crippen LogP contribution in [0.4, 0.5) is 0 Å². The summed E-state index contributed by atoms with van der Waals surface area (Å²) in [4.78, 5) is 2.36. The predicted octanol–water partition coefficient (Wildman–Crippen LogP) is 2.26. The van der Waals surface area contributed by atoms with Gasteiger partial charge in [0.1, 0.15) is 0 Å². The summed E-state index contributed by atoms with van der Waals surface area (Å²) in [6, 6.07) is 5.90. The fourth-order valence-corrected chi connectivity index (χ4v) is 2.77. The molecule has 0 radical (unpaired) electrons. The highest BCUT2D eigenvalue weighted by atomic mass is 79.9. The van der Waals surface area contributed by atoms with Crippen LogP contribution < -0.4 is 5.73 Å². The van der Waals surface area contributed by atoms with Crippen molar-refractivity contribution in [2.45, 2.75) is 12.6 Å². The van der Waals surface area contributed by atoms with Crippen LogP contribution in [0.15, 0.2) is 22.7 Å². The number of hydrogen-bond acceptors (Lipinski definition) is 3. The van der Waals surface area contributed by atoms with Crippen LogP contribution in [-0.4, -0.2) is 37.2 Å². The van der Waals surface area contributed by atoms with Crippen LogP contribution in [0.2, 0.25) is 5.02 Å². The summed E-state index contributed by atoms with van der Waals surface area (Å²) in [5.74, 6) is 0. The van der Waals surface area contributed by atoms with Crippen LogP contribution in [-0.2, 0) is 11.3 Å². The summed E-state index contributed by atoms with van der Waals surface area (Å²) in [6.45, 7) is 4.08. The number of hydrogen-bond donors (Lipinski definition) is 1. The zero-order chi connectivity index (χ0) is 12.3. The first-order chi connectivity index (χ1) is 8.19. The van der Waals surface area contributed by atoms with Crippen molar-refractivity contribution in [1.82, 2.24) is 4.90 Å². The number of halogens is 2. The molecule has 94 valence electrons. The monoisotopic (exact) mass is 318 g/mol. The maximum absolute atomic E-state index is 5.93. The van der Waals surface area contributed by atoms with Gasteiger partial charge in [-0.05, 0) is 17.7 Å². The molecule has 1 heterocycles. The zero-order valence-electron chi connectivity index (χ0n) is 9.53. The highest BCUT2D eigenvalue weighted by molar-refractivity contribution is 9.10. The van der Waals surface area contributed by atoms with Gasteiger partial charge in [0.15, 0.2) is 0 Å². The maximum Gasteiger partial charge on any atom is 0.0824 e. The zero-order valence-corrected chi connectivity index (χ0v) is 11.9. The lowest BCUT2D eigenvalue weighted by molar-refractivity contribution is -0.0261. The molecule has 1 saturated heterocycles. The van der Waals surface area contributed by atoms with Crippen molar-refractivity contribution in [1.29, 1.82) is 0 Å². The van der Waals surface area contributed by atoms with E-state index in [9.17, 15) is 0 Å². The maximum atomic E-state index is 5.93. The fourth-order valence-electron chi connectivity index (χ4n) is 1.96. The Kier molecular flexibility index (Phi) is 4.82. The van der Waals surface area contributed by atoms with Crippen molar-refractivity contribution in [3.05, 3.63) is 33.3 Å². The molecule has 0 spiro atoms. The van der Waals surface area contributed by atoms with Gasteiger partial charge in [0.2, 0.25) is 0 Å². The fraction of sp³-hybridized carbons (Fsp3) is 0.500. The molecule has 1 aliphatic heterocycles. The van der Waals surface area contributed by atoms with E-state index in [2.05, 4.69) is 26.9 Å². The average Bonchev–Trinajstić information content (AvgIpc) is 2.33. The minimum atomic E-state index is 0.162. The lowest BCUT2D eigenvalue weighted by Gasteiger charge is -2.32. The Balaban J connectivity index is 2.00. The van der Waals surface area contributed by atoms with Gasteiger partial charge in [-0.15, -0.1) is 0 Å². The van der Waals surface area contributed by atoms with Gasteiger partial charge in [-0.25, -0.2) is 0 Å². The van der Waals surface area contributed by atoms with E-state index < -0.39 is 0 Å². The van der Waals surface area contributed by atoms with Gasteiger partial charge in [-0.3, -0.25) is 4.90 Å². The molecule has 1 aromatic rings. The summed E-state index contributed by atoms with van der Waals surface area (Å²) in [5.41, 5.74) is 6.87. The Labute approximate surface area is 115 Å². The van der Waals surface area contributed by atoms with Gasteiger partial charge in [-0.1, -0.05) is 33.6 Å². The van der Waals surface area contributed by atoms with E-state index in [4.69, 9.17) is 22.1 Å². The number of morpholine rings is 1. The number of ether oxygens (including phenoxy) is 1. The SMILES string of the molecule is NCC1CN(Cc2ccc(Cl)cc2Br)CCO1. The first-order valence-corrected chi connectivity index (χ1v) is 6.84. The van der Waals surface area contributed by atoms with Crippen LogP contribution in [0, 0.1) is 0 Å². The molecule has 1 fully saturated rings. The molecule has 0 aromatic heterocycles. The minimum Gasteiger partial charge on any atom is -0.374 e. The topological polar surface area (TPSA) is 38.5 Å². The first-order valence-electron chi connectivity index (χ1n) is 5.67. The summed E-state index contributed by atoms with van der Waals surface area (Å²) in [7, 11) is 0. The van der Waals surface area contributed by atoms with Crippen LogP contribution >= 0.6 is 27.5 Å². The lowest BCUT2D eigenvalue weighted by Crippen LogP contribution is -2.45. The van der Waals surface area contributed by atoms with E-state index in [0.717, 1.165) is 35.7 Å². The molecular weight excluding hydrogens is 304 g/mol. The van der Waals surface area contributed by atoms with Crippen LogP contribution in [0.1, 0.15) is 5.56 Å². The Morgan fingerprint density at radius 3 is 3.06 bits per heavy atom. The van der Waals surface area contributed by atoms with Crippen molar-refractivity contribution in [3.63, 3.8) is 0 Å². The summed E-state index contributed by atoms with van der Waals surface area (Å²) < 4.78 is 6.60. The van der Waals surface area contributed by atoms with Crippen LogP contribution in [0.3, 0.4) is 0 Å². The van der Waals surface area contributed by atoms with E-state index in [1.165, 1.54) is 5.56 Å². The van der Waals surface area contributed by atoms with Gasteiger partial charge < -0.3 is 10.5 Å². The normalized spacial score (nSPS) is 21.7. The number of nitrogens with zero attached hydrogens (tertiary/aromatic N) is 1. The quantitative estimate of drug-likeness (QED) is 0.929. The third-order valence-corrected chi connectivity index (χ3v) is 3.87. The van der Waals surface area contributed by atoms with Crippen LogP contribution in [0.25, 0.3) is 0 Å². The molecule has 0 saturated carbocycles. The van der Waals surface area contributed by atoms with Gasteiger partial charge in [0.25, 0.3) is 0 Å². The standard InChI is InChI=1S/C12H16BrClN2O/c13-12-5-10(14)2-1-9(12)7-16-3-4-17-11(6-15)8-16/h1-2,5,11H,3-4,6-8,15H2. The van der Waals surface area contributed by atoms with Gasteiger partial charge in [-0.2, -0.15) is 0 Å². The van der Waals surface area contributed by atoms with Crippen molar-refractivity contribution >= 4 is 27.5 Å². The second kappa shape index (κ2) is 6.16. The highest BCUT2D eigenvalue weighted by Gasteiger charge is 2.19. The highest BCUT2D eigenvalue weighted by Crippen LogP contribution is 2.23. The number of rotatable bonds is 3. The molecule has 3 nitrogen and oxygen atoms in total. The Hall–Kier alpha value is -0.130. The van der Waals surface area contributed by atoms with E-state index in [0.29, 0.717) is 6.54 Å². The van der Waals surface area contributed by atoms with Crippen LogP contribution in [0.5, 0.6) is 0 Å². The van der Waals surface area contributed by atoms with Gasteiger partial charge in [0.05, 0.1) is 12.7 Å². The van der Waals surface area contributed by atoms with E-state index in [-0.39, 0.29) is 6.10 Å². The average molecular weight is 320 g/mol. The molecule has 1 aliphatic rings. The van der Waals surface area contributed by atoms with Crippen molar-refractivity contribution in [2.24, 2.45) is 5.73 Å². The van der Waals surface area contributed by atoms with Gasteiger partial charge >= 0.3 is 0 Å². The summed E-state index contributed by atoms with van der Waals surface area (Å²) in [5, 5.41) is 0.752. The third kappa shape index (κ3) is 3.66. The first kappa shape index (κ1) is 13.3. The lowest BCUT2D eigenvalue weighted by atomic mass is 10.2. The summed E-state index contributed by atoms with van der Waals surface area (Å²) in [6.07, 6.45) is 0.162. The predicted molar refractivity (Wildman–Crippen MR) is 73.2 cm³/mol. The Bertz CT molecular complexity index is 389. The number of nitrogens with two attached hydrogens (primary N) is 1. The number of benzene rings is 1. The smallest absolute Gasteiger partial charge is 0.0824 e. The molecule has 5 heteroatoms. The second-order valence-corrected chi connectivity index (χ2v) is 5.49. The molecule has 2 N–H and O–H groups in total. The molecule has 1 atom stereocenters. The third-order valence-electron chi connectivity index (χ3n) is 2.89. The molecule has 1 unspecified atom stereocenters. The molecule has 0 bridgehead atoms. The Morgan fingerprint density at radius 1 is 1.53 bits per heavy atom. The molecular formula is C12H16BrClN2O. The molecule has 17 heavy (non-hydrogen) atoms. The molecule has 2 rings (SSSR count). The molecule has 0 amide bonds. The van der Waals surface area contributed by atoms with E-state index >= 15 is 0 Å². The van der Waals surface area contributed by atoms with Gasteiger partial charge in [0, 0.05) is 35.7 Å². The minimum absolute atomic E-state index is 0.162. The largest absolute Gasteiger partial charge is 0.374 e. The van der Waals surface area contributed by atoms with Crippen molar-refractivity contribution < 1.29 is 4.74 Å². The Morgan fingerprint density at radius 2 is 2.35 bits per heavy atom. The van der Waals surface area contributed by atoms with E-state index in [1.54, 1.807) is 0 Å². The van der Waals surface area contributed by atoms with Crippen molar-refractivity contribution in [2.75, 3.05) is 26.2 Å².